The standard InChI is InChI=1S/C21H22N6O3/c1-30-15-4-2-3-12-9-14(25-17(12)15)18-16-19(22)23-10-24-20(16)27(26-18)13-7-5-11(6-8-13)21(28)29/h2-4,9-11,13,20H,5-8H2,1H3,(H3-,22,23,24,25,26,28,29)/p+1. The number of methoxy groups -OCH3 is 1. The first-order chi connectivity index (χ1) is 14.6. The van der Waals surface area contributed by atoms with Crippen LogP contribution in [0.25, 0.3) is 16.6 Å². The number of nitrogens with one attached hydrogen (secondary N) is 1. The Morgan fingerprint density at radius 2 is 2.10 bits per heavy atom. The van der Waals surface area contributed by atoms with Gasteiger partial charge in [-0.05, 0) is 30.1 Å². The number of nitrogens with zero attached hydrogens (tertiary/aromatic N) is 4. The third-order valence-electron chi connectivity index (χ3n) is 6.17. The Kier molecular flexibility index (Phi) is 4.38. The number of aliphatic carboxylic acids is 1. The van der Waals surface area contributed by atoms with Gasteiger partial charge < -0.3 is 20.6 Å². The van der Waals surface area contributed by atoms with Crippen molar-refractivity contribution in [3.05, 3.63) is 35.5 Å². The number of rotatable bonds is 4. The van der Waals surface area contributed by atoms with Crippen LogP contribution in [0.3, 0.4) is 0 Å². The van der Waals surface area contributed by atoms with Crippen LogP contribution in [0, 0.1) is 5.92 Å². The fourth-order valence-corrected chi connectivity index (χ4v) is 4.60. The SMILES string of the molecule is COc1cccc2cc(C3=C4C(N)=NC=NC4[N+](C4CCC(C(=O)O)CC4)=N3)[nH]c12. The van der Waals surface area contributed by atoms with Crippen molar-refractivity contribution in [3.8, 4) is 5.75 Å². The number of fused-ring (bicyclic) bond motifs is 2. The van der Waals surface area contributed by atoms with Crippen molar-refractivity contribution in [2.75, 3.05) is 7.11 Å². The molecule has 9 nitrogen and oxygen atoms in total. The molecule has 3 heterocycles. The molecular weight excluding hydrogens is 384 g/mol. The normalized spacial score (nSPS) is 25.8. The number of amidine groups is 1. The van der Waals surface area contributed by atoms with Gasteiger partial charge >= 0.3 is 12.1 Å². The molecule has 9 heteroatoms. The number of H-pyrrole nitrogens is 1. The van der Waals surface area contributed by atoms with Crippen LogP contribution in [0.2, 0.25) is 0 Å². The maximum atomic E-state index is 11.3. The molecule has 1 fully saturated rings. The molecular formula is C21H23N6O3+. The summed E-state index contributed by atoms with van der Waals surface area (Å²) in [5.41, 5.74) is 9.47. The van der Waals surface area contributed by atoms with E-state index >= 15 is 0 Å². The van der Waals surface area contributed by atoms with Crippen LogP contribution in [-0.2, 0) is 4.79 Å². The molecule has 1 aromatic carbocycles. The fourth-order valence-electron chi connectivity index (χ4n) is 4.60. The summed E-state index contributed by atoms with van der Waals surface area (Å²) in [7, 11) is 1.64. The van der Waals surface area contributed by atoms with Gasteiger partial charge in [0.25, 0.3) is 0 Å². The number of benzene rings is 1. The molecule has 1 atom stereocenters. The van der Waals surface area contributed by atoms with Gasteiger partial charge in [-0.25, -0.2) is 4.99 Å². The molecule has 0 radical (unpaired) electrons. The molecule has 0 saturated heterocycles. The van der Waals surface area contributed by atoms with Gasteiger partial charge in [0, 0.05) is 18.2 Å². The number of azo groups is 2. The summed E-state index contributed by atoms with van der Waals surface area (Å²) in [6.07, 6.45) is 3.93. The Bertz CT molecular complexity index is 1150. The van der Waals surface area contributed by atoms with Crippen LogP contribution in [0.1, 0.15) is 31.4 Å². The van der Waals surface area contributed by atoms with Crippen LogP contribution in [-0.4, -0.2) is 52.2 Å². The van der Waals surface area contributed by atoms with Crippen molar-refractivity contribution in [1.82, 2.24) is 4.98 Å². The topological polar surface area (TPSA) is 128 Å². The van der Waals surface area contributed by atoms with Gasteiger partial charge in [-0.2, -0.15) is 4.99 Å². The quantitative estimate of drug-likeness (QED) is 0.673. The van der Waals surface area contributed by atoms with Gasteiger partial charge in [-0.3, -0.25) is 4.79 Å². The van der Waals surface area contributed by atoms with Crippen molar-refractivity contribution < 1.29 is 19.3 Å². The Morgan fingerprint density at radius 1 is 1.30 bits per heavy atom. The van der Waals surface area contributed by atoms with Crippen LogP contribution in [0.15, 0.2) is 44.9 Å². The van der Waals surface area contributed by atoms with Crippen LogP contribution < -0.4 is 10.5 Å². The van der Waals surface area contributed by atoms with Gasteiger partial charge in [0.1, 0.15) is 23.5 Å². The summed E-state index contributed by atoms with van der Waals surface area (Å²) in [4.78, 5) is 23.5. The number of nitrogens with two attached hydrogens (primary N) is 1. The third kappa shape index (κ3) is 2.89. The molecule has 3 aliphatic rings. The largest absolute Gasteiger partial charge is 0.495 e. The number of carboxylic acids is 1. The molecule has 1 saturated carbocycles. The lowest BCUT2D eigenvalue weighted by atomic mass is 9.86. The highest BCUT2D eigenvalue weighted by molar-refractivity contribution is 6.09. The highest BCUT2D eigenvalue weighted by Gasteiger charge is 2.46. The summed E-state index contributed by atoms with van der Waals surface area (Å²) < 4.78 is 7.44. The smallest absolute Gasteiger partial charge is 0.306 e. The minimum Gasteiger partial charge on any atom is -0.495 e. The predicted octanol–water partition coefficient (Wildman–Crippen LogP) is 2.73. The van der Waals surface area contributed by atoms with E-state index in [1.54, 1.807) is 7.11 Å². The van der Waals surface area contributed by atoms with E-state index in [0.29, 0.717) is 18.7 Å². The van der Waals surface area contributed by atoms with Crippen LogP contribution >= 0.6 is 0 Å². The van der Waals surface area contributed by atoms with Crippen LogP contribution in [0.4, 0.5) is 0 Å². The number of carboxylic acid groups (broad SMARTS) is 1. The van der Waals surface area contributed by atoms with Crippen LogP contribution in [0.5, 0.6) is 5.75 Å². The molecule has 0 amide bonds. The molecule has 30 heavy (non-hydrogen) atoms. The van der Waals surface area contributed by atoms with E-state index in [9.17, 15) is 9.90 Å². The molecule has 0 bridgehead atoms. The van der Waals surface area contributed by atoms with Crippen molar-refractivity contribution in [2.24, 2.45) is 26.8 Å². The Labute approximate surface area is 172 Å². The monoisotopic (exact) mass is 407 g/mol. The number of para-hydroxylation sites is 1. The number of aromatic nitrogens is 1. The van der Waals surface area contributed by atoms with Gasteiger partial charge in [-0.15, -0.1) is 0 Å². The van der Waals surface area contributed by atoms with E-state index in [-0.39, 0.29) is 18.1 Å². The molecule has 154 valence electrons. The Balaban J connectivity index is 1.54. The maximum Gasteiger partial charge on any atom is 0.306 e. The number of aliphatic imine (C=N–C) groups is 2. The highest BCUT2D eigenvalue weighted by atomic mass is 16.5. The van der Waals surface area contributed by atoms with Crippen molar-refractivity contribution in [1.29, 1.82) is 0 Å². The Hall–Kier alpha value is -3.49. The lowest BCUT2D eigenvalue weighted by molar-refractivity contribution is -0.645. The molecule has 1 aliphatic carbocycles. The minimum atomic E-state index is -0.717. The first-order valence-electron chi connectivity index (χ1n) is 10.0. The van der Waals surface area contributed by atoms with E-state index < -0.39 is 5.97 Å². The third-order valence-corrected chi connectivity index (χ3v) is 6.17. The zero-order chi connectivity index (χ0) is 20.8. The molecule has 1 unspecified atom stereocenters. The molecule has 4 N–H and O–H groups in total. The second-order valence-electron chi connectivity index (χ2n) is 7.85. The zero-order valence-corrected chi connectivity index (χ0v) is 16.6. The van der Waals surface area contributed by atoms with E-state index in [1.165, 1.54) is 6.34 Å². The summed E-state index contributed by atoms with van der Waals surface area (Å²) in [6, 6.07) is 8.00. The van der Waals surface area contributed by atoms with Crippen molar-refractivity contribution in [2.45, 2.75) is 37.9 Å². The van der Waals surface area contributed by atoms with Gasteiger partial charge in [0.15, 0.2) is 11.7 Å². The maximum absolute atomic E-state index is 11.3. The molecule has 2 aromatic rings. The molecule has 2 aliphatic heterocycles. The summed E-state index contributed by atoms with van der Waals surface area (Å²) >= 11 is 0. The highest BCUT2D eigenvalue weighted by Crippen LogP contribution is 2.38. The number of ether oxygens (including phenoxy) is 1. The number of hydrogen-bond donors (Lipinski definition) is 3. The molecule has 5 rings (SSSR count). The van der Waals surface area contributed by atoms with E-state index in [4.69, 9.17) is 15.6 Å². The second kappa shape index (κ2) is 7.08. The predicted molar refractivity (Wildman–Crippen MR) is 112 cm³/mol. The average molecular weight is 407 g/mol. The fraction of sp³-hybridized carbons (Fsp3) is 0.381. The summed E-state index contributed by atoms with van der Waals surface area (Å²) in [6.45, 7) is 0. The minimum absolute atomic E-state index is 0.111. The number of hydrogen-bond acceptors (Lipinski definition) is 6. The number of carbonyl (C=O) groups is 1. The first-order valence-corrected chi connectivity index (χ1v) is 10.0. The van der Waals surface area contributed by atoms with Crippen molar-refractivity contribution in [3.63, 3.8) is 0 Å². The Morgan fingerprint density at radius 3 is 2.83 bits per heavy atom. The van der Waals surface area contributed by atoms with E-state index in [2.05, 4.69) is 15.0 Å². The second-order valence-corrected chi connectivity index (χ2v) is 7.85. The molecule has 0 spiro atoms. The summed E-state index contributed by atoms with van der Waals surface area (Å²) in [5, 5.41) is 15.2. The first kappa shape index (κ1) is 18.5. The van der Waals surface area contributed by atoms with Gasteiger partial charge in [0.05, 0.1) is 24.2 Å². The van der Waals surface area contributed by atoms with Gasteiger partial charge in [-0.1, -0.05) is 16.8 Å². The zero-order valence-electron chi connectivity index (χ0n) is 16.6. The van der Waals surface area contributed by atoms with Crippen molar-refractivity contribution >= 4 is 34.7 Å². The van der Waals surface area contributed by atoms with Gasteiger partial charge in [0.2, 0.25) is 0 Å². The van der Waals surface area contributed by atoms with E-state index in [1.807, 2.05) is 29.0 Å². The van der Waals surface area contributed by atoms with E-state index in [0.717, 1.165) is 46.5 Å². The summed E-state index contributed by atoms with van der Waals surface area (Å²) in [5.74, 6) is 0.163. The molecule has 1 aromatic heterocycles. The number of aromatic amines is 1. The lowest BCUT2D eigenvalue weighted by Crippen LogP contribution is -2.39. The average Bonchev–Trinajstić information content (AvgIpc) is 3.36. The lowest BCUT2D eigenvalue weighted by Gasteiger charge is -2.24.